The van der Waals surface area contributed by atoms with Crippen molar-refractivity contribution in [2.75, 3.05) is 33.8 Å². The van der Waals surface area contributed by atoms with Crippen LogP contribution < -0.4 is 10.1 Å². The van der Waals surface area contributed by atoms with Crippen molar-refractivity contribution in [2.45, 2.75) is 45.1 Å². The molecule has 30 heavy (non-hydrogen) atoms. The van der Waals surface area contributed by atoms with E-state index in [2.05, 4.69) is 30.0 Å². The van der Waals surface area contributed by atoms with Crippen LogP contribution in [0.2, 0.25) is 5.02 Å². The van der Waals surface area contributed by atoms with Crippen molar-refractivity contribution in [3.05, 3.63) is 40.9 Å². The molecule has 2 aromatic rings. The first-order valence-electron chi connectivity index (χ1n) is 10.4. The Hall–Kier alpha value is -1.55. The van der Waals surface area contributed by atoms with Crippen LogP contribution in [-0.2, 0) is 19.4 Å². The first kappa shape index (κ1) is 24.7. The summed E-state index contributed by atoms with van der Waals surface area (Å²) in [6.07, 6.45) is 6.71. The van der Waals surface area contributed by atoms with Gasteiger partial charge >= 0.3 is 0 Å². The fourth-order valence-electron chi connectivity index (χ4n) is 3.52. The number of guanidine groups is 1. The molecule has 1 aliphatic heterocycles. The second-order valence-corrected chi connectivity index (χ2v) is 7.74. The summed E-state index contributed by atoms with van der Waals surface area (Å²) in [5.74, 6) is 3.91. The Morgan fingerprint density at radius 2 is 2.17 bits per heavy atom. The molecule has 9 heteroatoms. The monoisotopic (exact) mass is 546 g/mol. The number of benzene rings is 1. The number of aliphatic imine (C=N–C) groups is 1. The predicted octanol–water partition coefficient (Wildman–Crippen LogP) is 3.79. The molecule has 0 saturated heterocycles. The van der Waals surface area contributed by atoms with Gasteiger partial charge < -0.3 is 19.5 Å². The third kappa shape index (κ3) is 7.30. The molecule has 0 unspecified atom stereocenters. The van der Waals surface area contributed by atoms with Crippen LogP contribution in [0.1, 0.15) is 37.3 Å². The third-order valence-corrected chi connectivity index (χ3v) is 5.35. The van der Waals surface area contributed by atoms with Gasteiger partial charge in [-0.25, -0.2) is 0 Å². The number of nitrogens with one attached hydrogen (secondary N) is 1. The van der Waals surface area contributed by atoms with Crippen LogP contribution in [0.15, 0.2) is 29.3 Å². The first-order chi connectivity index (χ1) is 14.2. The van der Waals surface area contributed by atoms with E-state index in [1.54, 1.807) is 7.05 Å². The van der Waals surface area contributed by atoms with Crippen molar-refractivity contribution < 1.29 is 4.74 Å². The lowest BCUT2D eigenvalue weighted by Crippen LogP contribution is -2.41. The van der Waals surface area contributed by atoms with Crippen molar-refractivity contribution in [1.82, 2.24) is 25.0 Å². The van der Waals surface area contributed by atoms with E-state index in [-0.39, 0.29) is 24.0 Å². The zero-order valence-electron chi connectivity index (χ0n) is 17.8. The predicted molar refractivity (Wildman–Crippen MR) is 132 cm³/mol. The Bertz CT molecular complexity index is 813. The van der Waals surface area contributed by atoms with E-state index in [9.17, 15) is 0 Å². The summed E-state index contributed by atoms with van der Waals surface area (Å²) in [7, 11) is 3.81. The molecule has 1 aromatic carbocycles. The van der Waals surface area contributed by atoms with Gasteiger partial charge in [0.05, 0.1) is 6.54 Å². The lowest BCUT2D eigenvalue weighted by atomic mass is 10.2. The minimum Gasteiger partial charge on any atom is -0.492 e. The second kappa shape index (κ2) is 13.0. The van der Waals surface area contributed by atoms with E-state index >= 15 is 0 Å². The van der Waals surface area contributed by atoms with Crippen LogP contribution in [0.5, 0.6) is 5.75 Å². The number of fused-ring (bicyclic) bond motifs is 1. The molecule has 0 saturated carbocycles. The average molecular weight is 547 g/mol. The smallest absolute Gasteiger partial charge is 0.193 e. The Balaban J connectivity index is 0.00000320. The highest BCUT2D eigenvalue weighted by Crippen LogP contribution is 2.17. The van der Waals surface area contributed by atoms with Crippen molar-refractivity contribution >= 4 is 41.5 Å². The van der Waals surface area contributed by atoms with Crippen molar-refractivity contribution in [3.8, 4) is 5.75 Å². The van der Waals surface area contributed by atoms with Crippen molar-refractivity contribution in [3.63, 3.8) is 0 Å². The number of halogens is 2. The van der Waals surface area contributed by atoms with Gasteiger partial charge in [-0.05, 0) is 37.5 Å². The van der Waals surface area contributed by atoms with Gasteiger partial charge in [0, 0.05) is 45.0 Å². The second-order valence-electron chi connectivity index (χ2n) is 7.30. The zero-order chi connectivity index (χ0) is 20.5. The first-order valence-corrected chi connectivity index (χ1v) is 10.8. The van der Waals surface area contributed by atoms with Crippen LogP contribution in [0, 0.1) is 0 Å². The summed E-state index contributed by atoms with van der Waals surface area (Å²) in [4.78, 5) is 6.43. The lowest BCUT2D eigenvalue weighted by molar-refractivity contribution is 0.281. The van der Waals surface area contributed by atoms with E-state index in [1.807, 2.05) is 31.3 Å². The number of likely N-dealkylation sites (N-methyl/N-ethyl adjacent to an activating group) is 1. The molecule has 0 fully saturated rings. The summed E-state index contributed by atoms with van der Waals surface area (Å²) >= 11 is 5.98. The molecule has 0 aliphatic carbocycles. The minimum atomic E-state index is 0. The molecule has 3 rings (SSSR count). The number of hydrogen-bond acceptors (Lipinski definition) is 4. The molecule has 166 valence electrons. The van der Waals surface area contributed by atoms with E-state index in [1.165, 1.54) is 19.3 Å². The molecule has 0 bridgehead atoms. The quantitative estimate of drug-likeness (QED) is 0.236. The summed E-state index contributed by atoms with van der Waals surface area (Å²) < 4.78 is 8.08. The van der Waals surface area contributed by atoms with Gasteiger partial charge in [0.1, 0.15) is 24.0 Å². The number of rotatable bonds is 8. The fraction of sp³-hybridized carbons (Fsp3) is 0.571. The molecule has 1 aliphatic rings. The maximum Gasteiger partial charge on any atom is 0.193 e. The molecule has 0 atom stereocenters. The van der Waals surface area contributed by atoms with Crippen LogP contribution in [-0.4, -0.2) is 59.4 Å². The summed E-state index contributed by atoms with van der Waals surface area (Å²) in [5.41, 5.74) is 0. The number of aromatic nitrogens is 3. The van der Waals surface area contributed by atoms with Crippen molar-refractivity contribution in [2.24, 2.45) is 4.99 Å². The van der Waals surface area contributed by atoms with Gasteiger partial charge in [-0.15, -0.1) is 34.2 Å². The van der Waals surface area contributed by atoms with Gasteiger partial charge in [-0.1, -0.05) is 24.1 Å². The molecular weight excluding hydrogens is 515 g/mol. The number of hydrogen-bond donors (Lipinski definition) is 1. The Labute approximate surface area is 201 Å². The van der Waals surface area contributed by atoms with E-state index in [0.29, 0.717) is 11.6 Å². The van der Waals surface area contributed by atoms with Gasteiger partial charge in [0.25, 0.3) is 0 Å². The van der Waals surface area contributed by atoms with Crippen LogP contribution in [0.25, 0.3) is 0 Å². The molecule has 1 aromatic heterocycles. The third-order valence-electron chi connectivity index (χ3n) is 5.11. The Kier molecular flexibility index (Phi) is 10.7. The Morgan fingerprint density at radius 1 is 1.30 bits per heavy atom. The van der Waals surface area contributed by atoms with Crippen LogP contribution in [0.4, 0.5) is 0 Å². The van der Waals surface area contributed by atoms with Crippen LogP contribution in [0.3, 0.4) is 0 Å². The molecule has 0 amide bonds. The van der Waals surface area contributed by atoms with Gasteiger partial charge in [0.15, 0.2) is 5.96 Å². The SMILES string of the molecule is CN=C(NCCCc1nnc2n1CCCCC2)N(C)CCOc1cccc(Cl)c1.I. The molecule has 7 nitrogen and oxygen atoms in total. The molecule has 1 N–H and O–H groups in total. The molecule has 0 radical (unpaired) electrons. The molecule has 2 heterocycles. The lowest BCUT2D eigenvalue weighted by Gasteiger charge is -2.22. The van der Waals surface area contributed by atoms with Crippen molar-refractivity contribution in [1.29, 1.82) is 0 Å². The minimum absolute atomic E-state index is 0. The number of nitrogens with zero attached hydrogens (tertiary/aromatic N) is 5. The highest BCUT2D eigenvalue weighted by atomic mass is 127. The summed E-state index contributed by atoms with van der Waals surface area (Å²) in [6, 6.07) is 7.45. The van der Waals surface area contributed by atoms with E-state index < -0.39 is 0 Å². The number of ether oxygens (including phenoxy) is 1. The highest BCUT2D eigenvalue weighted by molar-refractivity contribution is 14.0. The zero-order valence-corrected chi connectivity index (χ0v) is 20.9. The maximum atomic E-state index is 5.98. The highest BCUT2D eigenvalue weighted by Gasteiger charge is 2.14. The largest absolute Gasteiger partial charge is 0.492 e. The normalized spacial score (nSPS) is 13.8. The fourth-order valence-corrected chi connectivity index (χ4v) is 3.71. The van der Waals surface area contributed by atoms with E-state index in [4.69, 9.17) is 16.3 Å². The Morgan fingerprint density at radius 3 is 2.97 bits per heavy atom. The van der Waals surface area contributed by atoms with Gasteiger partial charge in [-0.2, -0.15) is 0 Å². The van der Waals surface area contributed by atoms with Crippen LogP contribution >= 0.6 is 35.6 Å². The van der Waals surface area contributed by atoms with Gasteiger partial charge in [0.2, 0.25) is 0 Å². The summed E-state index contributed by atoms with van der Waals surface area (Å²) in [6.45, 7) is 3.18. The standard InChI is InChI=1S/C21H31ClN6O.HI/c1-23-21(27(2)14-15-29-18-9-6-8-17(22)16-18)24-12-7-11-20-26-25-19-10-4-3-5-13-28(19)20;/h6,8-9,16H,3-5,7,10-15H2,1-2H3,(H,23,24);1H. The summed E-state index contributed by atoms with van der Waals surface area (Å²) in [5, 5.41) is 12.9. The number of aryl methyl sites for hydroxylation is 2. The van der Waals surface area contributed by atoms with Gasteiger partial charge in [-0.3, -0.25) is 4.99 Å². The topological polar surface area (TPSA) is 67.6 Å². The average Bonchev–Trinajstić information content (AvgIpc) is 2.94. The van der Waals surface area contributed by atoms with E-state index in [0.717, 1.165) is 62.3 Å². The molecule has 0 spiro atoms. The molecular formula is C21H32ClIN6O. The maximum absolute atomic E-state index is 5.98.